The second-order valence-corrected chi connectivity index (χ2v) is 8.43. The molecule has 1 amide bonds. The summed E-state index contributed by atoms with van der Waals surface area (Å²) in [5, 5.41) is 13.5. The summed E-state index contributed by atoms with van der Waals surface area (Å²) in [6, 6.07) is 0.0946. The van der Waals surface area contributed by atoms with Crippen molar-refractivity contribution in [1.29, 1.82) is 0 Å². The summed E-state index contributed by atoms with van der Waals surface area (Å²) in [6.45, 7) is 4.96. The molecule has 3 N–H and O–H groups in total. The van der Waals surface area contributed by atoms with Gasteiger partial charge in [-0.25, -0.2) is 9.78 Å². The van der Waals surface area contributed by atoms with Gasteiger partial charge in [-0.05, 0) is 13.8 Å². The molecule has 1 unspecified atom stereocenters. The van der Waals surface area contributed by atoms with Gasteiger partial charge in [0.1, 0.15) is 10.6 Å². The van der Waals surface area contributed by atoms with Crippen LogP contribution in [0.2, 0.25) is 10.0 Å². The normalized spacial score (nSPS) is 23.0. The average Bonchev–Trinajstić information content (AvgIpc) is 2.97. The monoisotopic (exact) mass is 422 g/mol. The summed E-state index contributed by atoms with van der Waals surface area (Å²) in [4.78, 5) is 33.2. The summed E-state index contributed by atoms with van der Waals surface area (Å²) >= 11 is 13.3. The number of aromatic carboxylic acids is 1. The van der Waals surface area contributed by atoms with Crippen molar-refractivity contribution in [2.75, 3.05) is 18.0 Å². The topological polar surface area (TPSA) is 98.3 Å². The van der Waals surface area contributed by atoms with Crippen LogP contribution in [-0.2, 0) is 0 Å². The van der Waals surface area contributed by atoms with E-state index in [4.69, 9.17) is 28.3 Å². The number of carboxylic acid groups (broad SMARTS) is 1. The Morgan fingerprint density at radius 3 is 2.37 bits per heavy atom. The Labute approximate surface area is 181 Å². The first kappa shape index (κ1) is 20.6. The third-order valence-corrected chi connectivity index (χ3v) is 7.18. The molecule has 2 aromatic rings. The van der Waals surface area contributed by atoms with Crippen molar-refractivity contribution in [2.24, 2.45) is 11.8 Å². The third-order valence-electron chi connectivity index (χ3n) is 5.02. The fourth-order valence-corrected chi connectivity index (χ4v) is 4.90. The molecule has 27 heavy (non-hydrogen) atoms. The zero-order chi connectivity index (χ0) is 18.7. The molecule has 1 aliphatic heterocycles. The van der Waals surface area contributed by atoms with Crippen molar-refractivity contribution in [2.45, 2.75) is 19.9 Å². The van der Waals surface area contributed by atoms with E-state index >= 15 is 0 Å². The molecule has 7 nitrogen and oxygen atoms in total. The van der Waals surface area contributed by atoms with Gasteiger partial charge in [-0.3, -0.25) is 4.79 Å². The number of anilines is 1. The van der Waals surface area contributed by atoms with Crippen molar-refractivity contribution in [1.82, 2.24) is 15.3 Å². The summed E-state index contributed by atoms with van der Waals surface area (Å²) in [6.07, 6.45) is 0. The van der Waals surface area contributed by atoms with E-state index in [0.717, 1.165) is 18.2 Å². The molecule has 3 heterocycles. The van der Waals surface area contributed by atoms with Crippen LogP contribution in [0.3, 0.4) is 0 Å². The predicted octanol–water partition coefficient (Wildman–Crippen LogP) is 2.31. The van der Waals surface area contributed by atoms with Gasteiger partial charge in [-0.15, -0.1) is 0 Å². The zero-order valence-electron chi connectivity index (χ0n) is 14.0. The molecular formula is C16H17Cl2LiN4O3S. The number of aromatic nitrogens is 2. The maximum atomic E-state index is 12.4. The molecule has 0 radical (unpaired) electrons. The number of aryl methyl sites for hydroxylation is 2. The number of H-pyrrole nitrogens is 1. The van der Waals surface area contributed by atoms with Crippen LogP contribution >= 0.6 is 34.5 Å². The van der Waals surface area contributed by atoms with E-state index in [1.165, 1.54) is 11.3 Å². The number of nitrogens with one attached hydrogen (secondary N) is 2. The minimum absolute atomic E-state index is 0. The number of hydrogen-bond donors (Lipinski definition) is 3. The van der Waals surface area contributed by atoms with Crippen LogP contribution in [0.1, 0.15) is 31.5 Å². The third kappa shape index (κ3) is 3.50. The molecule has 1 saturated heterocycles. The van der Waals surface area contributed by atoms with E-state index in [1.807, 2.05) is 0 Å². The average molecular weight is 423 g/mol. The molecule has 1 aliphatic carbocycles. The number of nitrogens with zero attached hydrogens (tertiary/aromatic N) is 2. The van der Waals surface area contributed by atoms with Crippen LogP contribution in [0.15, 0.2) is 0 Å². The molecule has 2 aliphatic rings. The van der Waals surface area contributed by atoms with E-state index in [2.05, 4.69) is 20.2 Å². The molecule has 11 heteroatoms. The number of rotatable bonds is 4. The van der Waals surface area contributed by atoms with Crippen LogP contribution in [0.5, 0.6) is 0 Å². The van der Waals surface area contributed by atoms with E-state index < -0.39 is 5.97 Å². The van der Waals surface area contributed by atoms with E-state index in [-0.39, 0.29) is 46.4 Å². The van der Waals surface area contributed by atoms with E-state index in [1.54, 1.807) is 13.8 Å². The van der Waals surface area contributed by atoms with Gasteiger partial charge in [-0.2, -0.15) is 0 Å². The number of amides is 1. The Bertz CT molecular complexity index is 919. The molecule has 0 spiro atoms. The van der Waals surface area contributed by atoms with Gasteiger partial charge >= 0.3 is 24.8 Å². The second-order valence-electron chi connectivity index (χ2n) is 6.70. The maximum absolute atomic E-state index is 12.4. The molecule has 0 bridgehead atoms. The SMILES string of the molecule is Cc1nc(N2C[C@@H]3C(NC(=O)c4[nH]c(C)c(Cl)c4Cl)[C@@H]3C2)sc1C(=O)O.[LiH]. The number of halogens is 2. The fraction of sp³-hybridized carbons (Fsp3) is 0.438. The fourth-order valence-electron chi connectivity index (χ4n) is 3.56. The van der Waals surface area contributed by atoms with Crippen molar-refractivity contribution >= 4 is 70.4 Å². The van der Waals surface area contributed by atoms with Crippen LogP contribution < -0.4 is 10.2 Å². The van der Waals surface area contributed by atoms with Crippen molar-refractivity contribution in [3.8, 4) is 0 Å². The van der Waals surface area contributed by atoms with Gasteiger partial charge in [0.05, 0.1) is 15.7 Å². The van der Waals surface area contributed by atoms with Crippen molar-refractivity contribution < 1.29 is 14.7 Å². The van der Waals surface area contributed by atoms with Crippen LogP contribution in [0, 0.1) is 25.7 Å². The van der Waals surface area contributed by atoms with Crippen LogP contribution in [0.25, 0.3) is 0 Å². The van der Waals surface area contributed by atoms with Crippen LogP contribution in [-0.4, -0.2) is 64.9 Å². The van der Waals surface area contributed by atoms with Gasteiger partial charge in [0, 0.05) is 36.7 Å². The number of piperidine rings is 1. The van der Waals surface area contributed by atoms with Crippen molar-refractivity contribution in [3.63, 3.8) is 0 Å². The molecule has 4 rings (SSSR count). The zero-order valence-corrected chi connectivity index (χ0v) is 16.3. The van der Waals surface area contributed by atoms with Gasteiger partial charge < -0.3 is 20.3 Å². The number of carbonyl (C=O) groups excluding carboxylic acids is 1. The summed E-state index contributed by atoms with van der Waals surface area (Å²) in [7, 11) is 0. The molecule has 3 atom stereocenters. The van der Waals surface area contributed by atoms with E-state index in [0.29, 0.717) is 28.2 Å². The van der Waals surface area contributed by atoms with Crippen LogP contribution in [0.4, 0.5) is 5.13 Å². The summed E-state index contributed by atoms with van der Waals surface area (Å²) in [5.74, 6) is -0.532. The number of carboxylic acids is 1. The summed E-state index contributed by atoms with van der Waals surface area (Å²) < 4.78 is 0. The predicted molar refractivity (Wildman–Crippen MR) is 107 cm³/mol. The summed E-state index contributed by atoms with van der Waals surface area (Å²) in [5.41, 5.74) is 1.49. The van der Waals surface area contributed by atoms with Gasteiger partial charge in [-0.1, -0.05) is 34.5 Å². The molecule has 0 aromatic carbocycles. The Morgan fingerprint density at radius 2 is 1.89 bits per heavy atom. The van der Waals surface area contributed by atoms with E-state index in [9.17, 15) is 9.59 Å². The first-order valence-corrected chi connectivity index (χ1v) is 9.65. The number of carbonyl (C=O) groups is 2. The quantitative estimate of drug-likeness (QED) is 0.656. The molecular weight excluding hydrogens is 406 g/mol. The molecule has 140 valence electrons. The molecule has 2 aromatic heterocycles. The Kier molecular flexibility index (Phi) is 5.59. The Morgan fingerprint density at radius 1 is 1.26 bits per heavy atom. The minimum atomic E-state index is -0.947. The standard InChI is InChI=1S/C16H16Cl2N4O3S.Li.H/c1-5-9(17)10(18)12(19-5)14(23)21-11-7-3-22(4-8(7)11)16-20-6(2)13(26-16)15(24)25;;/h7-8,11,19H,3-4H2,1-2H3,(H,21,23)(H,24,25);;/t7-,8+,11?;;. The Balaban J connectivity index is 0.00000210. The van der Waals surface area contributed by atoms with Crippen molar-refractivity contribution in [3.05, 3.63) is 32.0 Å². The number of fused-ring (bicyclic) bond motifs is 1. The number of aromatic amines is 1. The van der Waals surface area contributed by atoms with Gasteiger partial charge in [0.2, 0.25) is 0 Å². The van der Waals surface area contributed by atoms with Gasteiger partial charge in [0.15, 0.2) is 5.13 Å². The molecule has 1 saturated carbocycles. The number of thiazole rings is 1. The van der Waals surface area contributed by atoms with Gasteiger partial charge in [0.25, 0.3) is 5.91 Å². The first-order valence-electron chi connectivity index (χ1n) is 8.08. The first-order chi connectivity index (χ1) is 12.3. The number of hydrogen-bond acceptors (Lipinski definition) is 5. The Hall–Kier alpha value is -1.17. The molecule has 2 fully saturated rings. The second kappa shape index (κ2) is 7.34.